The van der Waals surface area contributed by atoms with Crippen molar-refractivity contribution >= 4 is 0 Å². The van der Waals surface area contributed by atoms with Crippen molar-refractivity contribution in [3.05, 3.63) is 23.1 Å². The average Bonchev–Trinajstić information content (AvgIpc) is 2.48. The molecule has 0 amide bonds. The van der Waals surface area contributed by atoms with E-state index in [9.17, 15) is 0 Å². The highest BCUT2D eigenvalue weighted by Crippen LogP contribution is 2.23. The summed E-state index contributed by atoms with van der Waals surface area (Å²) >= 11 is 0. The normalized spacial score (nSPS) is 11.8. The third kappa shape index (κ3) is 1.77. The first-order chi connectivity index (χ1) is 6.38. The molecule has 0 aliphatic carbocycles. The van der Waals surface area contributed by atoms with Gasteiger partial charge in [0.2, 0.25) is 5.82 Å². The molecule has 0 aliphatic heterocycles. The van der Waals surface area contributed by atoms with E-state index in [0.29, 0.717) is 11.7 Å². The van der Waals surface area contributed by atoms with Gasteiger partial charge in [0.25, 0.3) is 5.54 Å². The van der Waals surface area contributed by atoms with Gasteiger partial charge < -0.3 is 4.85 Å². The van der Waals surface area contributed by atoms with Crippen LogP contribution in [0, 0.1) is 6.57 Å². The molecule has 0 N–H and O–H groups in total. The zero-order valence-electron chi connectivity index (χ0n) is 9.37. The molecule has 0 unspecified atom stereocenters. The Bertz CT molecular complexity index is 368. The van der Waals surface area contributed by atoms with Crippen LogP contribution in [0.25, 0.3) is 4.85 Å². The zero-order chi connectivity index (χ0) is 10.9. The Balaban J connectivity index is 3.16. The molecule has 1 heterocycles. The summed E-state index contributed by atoms with van der Waals surface area (Å²) in [6.07, 6.45) is 0. The van der Waals surface area contributed by atoms with Crippen LogP contribution in [-0.4, -0.2) is 14.8 Å². The Morgan fingerprint density at radius 2 is 2.00 bits per heavy atom. The third-order valence-corrected chi connectivity index (χ3v) is 2.14. The summed E-state index contributed by atoms with van der Waals surface area (Å²) in [5, 5.41) is 4.27. The van der Waals surface area contributed by atoms with Crippen LogP contribution in [0.3, 0.4) is 0 Å². The minimum absolute atomic E-state index is 0.336. The van der Waals surface area contributed by atoms with Crippen LogP contribution >= 0.6 is 0 Å². The fraction of sp³-hybridized carbons (Fsp3) is 0.700. The van der Waals surface area contributed by atoms with E-state index in [4.69, 9.17) is 6.57 Å². The topological polar surface area (TPSA) is 35.1 Å². The van der Waals surface area contributed by atoms with Crippen LogP contribution in [0.15, 0.2) is 0 Å². The maximum Gasteiger partial charge on any atom is 0.287 e. The van der Waals surface area contributed by atoms with Gasteiger partial charge in [0.15, 0.2) is 0 Å². The van der Waals surface area contributed by atoms with Gasteiger partial charge >= 0.3 is 0 Å². The van der Waals surface area contributed by atoms with E-state index in [-0.39, 0.29) is 0 Å². The van der Waals surface area contributed by atoms with Gasteiger partial charge in [-0.2, -0.15) is 0 Å². The summed E-state index contributed by atoms with van der Waals surface area (Å²) in [6, 6.07) is 0. The van der Waals surface area contributed by atoms with Crippen molar-refractivity contribution in [2.45, 2.75) is 39.2 Å². The van der Waals surface area contributed by atoms with Crippen LogP contribution in [0.5, 0.6) is 0 Å². The second-order valence-electron chi connectivity index (χ2n) is 4.24. The van der Waals surface area contributed by atoms with E-state index < -0.39 is 5.54 Å². The Morgan fingerprint density at radius 3 is 2.36 bits per heavy atom. The summed E-state index contributed by atoms with van der Waals surface area (Å²) in [5.74, 6) is 1.87. The van der Waals surface area contributed by atoms with Gasteiger partial charge in [0.05, 0.1) is 0 Å². The Labute approximate surface area is 84.8 Å². The van der Waals surface area contributed by atoms with Gasteiger partial charge in [-0.05, 0) is 0 Å². The van der Waals surface area contributed by atoms with Crippen molar-refractivity contribution in [2.75, 3.05) is 0 Å². The molecule has 0 saturated carbocycles. The molecule has 0 spiro atoms. The van der Waals surface area contributed by atoms with Crippen molar-refractivity contribution < 1.29 is 0 Å². The second-order valence-corrected chi connectivity index (χ2v) is 4.24. The predicted molar refractivity (Wildman–Crippen MR) is 54.7 cm³/mol. The van der Waals surface area contributed by atoms with Gasteiger partial charge in [-0.25, -0.2) is 11.6 Å². The van der Waals surface area contributed by atoms with E-state index in [1.54, 1.807) is 4.68 Å². The van der Waals surface area contributed by atoms with Crippen LogP contribution in [-0.2, 0) is 12.6 Å². The first-order valence-electron chi connectivity index (χ1n) is 4.68. The largest absolute Gasteiger partial charge is 0.302 e. The molecule has 4 nitrogen and oxygen atoms in total. The van der Waals surface area contributed by atoms with Crippen LogP contribution in [0.1, 0.15) is 45.3 Å². The fourth-order valence-corrected chi connectivity index (χ4v) is 1.21. The van der Waals surface area contributed by atoms with E-state index in [0.717, 1.165) is 5.82 Å². The third-order valence-electron chi connectivity index (χ3n) is 2.14. The summed E-state index contributed by atoms with van der Waals surface area (Å²) in [7, 11) is 1.87. The molecule has 0 radical (unpaired) electrons. The van der Waals surface area contributed by atoms with E-state index >= 15 is 0 Å². The molecule has 0 bridgehead atoms. The molecule has 0 fully saturated rings. The van der Waals surface area contributed by atoms with Gasteiger partial charge in [-0.15, -0.1) is 5.10 Å². The van der Waals surface area contributed by atoms with Crippen molar-refractivity contribution in [3.8, 4) is 0 Å². The van der Waals surface area contributed by atoms with Crippen molar-refractivity contribution in [1.29, 1.82) is 0 Å². The number of rotatable bonds is 2. The lowest BCUT2D eigenvalue weighted by Gasteiger charge is -2.04. The summed E-state index contributed by atoms with van der Waals surface area (Å²) in [4.78, 5) is 7.91. The first kappa shape index (κ1) is 10.7. The summed E-state index contributed by atoms with van der Waals surface area (Å²) in [6.45, 7) is 14.9. The quantitative estimate of drug-likeness (QED) is 0.672. The molecule has 0 saturated heterocycles. The first-order valence-corrected chi connectivity index (χ1v) is 4.68. The molecule has 0 aromatic carbocycles. The molecular weight excluding hydrogens is 176 g/mol. The second kappa shape index (κ2) is 3.41. The van der Waals surface area contributed by atoms with Crippen molar-refractivity contribution in [2.24, 2.45) is 7.05 Å². The van der Waals surface area contributed by atoms with Gasteiger partial charge in [-0.3, -0.25) is 4.68 Å². The minimum Gasteiger partial charge on any atom is -0.302 e. The van der Waals surface area contributed by atoms with Gasteiger partial charge in [0, 0.05) is 26.8 Å². The van der Waals surface area contributed by atoms with Crippen molar-refractivity contribution in [3.63, 3.8) is 0 Å². The van der Waals surface area contributed by atoms with Crippen molar-refractivity contribution in [1.82, 2.24) is 14.8 Å². The lowest BCUT2D eigenvalue weighted by atomic mass is 10.1. The Hall–Kier alpha value is -1.37. The highest BCUT2D eigenvalue weighted by atomic mass is 15.3. The summed E-state index contributed by atoms with van der Waals surface area (Å²) < 4.78 is 1.76. The lowest BCUT2D eigenvalue weighted by Crippen LogP contribution is -2.13. The highest BCUT2D eigenvalue weighted by molar-refractivity contribution is 5.10. The molecule has 14 heavy (non-hydrogen) atoms. The Kier molecular flexibility index (Phi) is 2.61. The predicted octanol–water partition coefficient (Wildman–Crippen LogP) is 2.09. The van der Waals surface area contributed by atoms with Crippen LogP contribution in [0.2, 0.25) is 0 Å². The molecule has 76 valence electrons. The number of hydrogen-bond acceptors (Lipinski definition) is 2. The number of aryl methyl sites for hydroxylation is 1. The standard InChI is InChI=1S/C10H16N4/c1-7(2)8-12-9(13-14(8)6)10(3,4)11-5/h7H,1-4,6H3. The zero-order valence-corrected chi connectivity index (χ0v) is 9.37. The van der Waals surface area contributed by atoms with Gasteiger partial charge in [0.1, 0.15) is 5.82 Å². The van der Waals surface area contributed by atoms with E-state index in [2.05, 4.69) is 28.8 Å². The average molecular weight is 192 g/mol. The van der Waals surface area contributed by atoms with Crippen LogP contribution < -0.4 is 0 Å². The number of aromatic nitrogens is 3. The maximum absolute atomic E-state index is 7.07. The minimum atomic E-state index is -0.620. The lowest BCUT2D eigenvalue weighted by molar-refractivity contribution is 0.594. The fourth-order valence-electron chi connectivity index (χ4n) is 1.21. The molecular formula is C10H16N4. The van der Waals surface area contributed by atoms with Crippen LogP contribution in [0.4, 0.5) is 0 Å². The molecule has 1 rings (SSSR count). The smallest absolute Gasteiger partial charge is 0.287 e. The molecule has 4 heteroatoms. The number of nitrogens with zero attached hydrogens (tertiary/aromatic N) is 4. The van der Waals surface area contributed by atoms with Gasteiger partial charge in [-0.1, -0.05) is 13.8 Å². The SMILES string of the molecule is [C-]#[N+]C(C)(C)c1nc(C(C)C)n(C)n1. The maximum atomic E-state index is 7.07. The molecule has 0 atom stereocenters. The monoisotopic (exact) mass is 192 g/mol. The molecule has 0 aliphatic rings. The Morgan fingerprint density at radius 1 is 1.43 bits per heavy atom. The summed E-state index contributed by atoms with van der Waals surface area (Å²) in [5.41, 5.74) is -0.620. The molecule has 1 aromatic rings. The molecule has 1 aromatic heterocycles. The van der Waals surface area contributed by atoms with E-state index in [1.807, 2.05) is 20.9 Å². The highest BCUT2D eigenvalue weighted by Gasteiger charge is 2.32. The van der Waals surface area contributed by atoms with E-state index in [1.165, 1.54) is 0 Å². The number of hydrogen-bond donors (Lipinski definition) is 0.